The predicted octanol–water partition coefficient (Wildman–Crippen LogP) is 2.35. The highest BCUT2D eigenvalue weighted by Crippen LogP contribution is 2.33. The van der Waals surface area contributed by atoms with Crippen molar-refractivity contribution in [2.24, 2.45) is 11.8 Å². The van der Waals surface area contributed by atoms with Crippen molar-refractivity contribution in [3.63, 3.8) is 0 Å². The summed E-state index contributed by atoms with van der Waals surface area (Å²) in [6.07, 6.45) is 7.76. The quantitative estimate of drug-likeness (QED) is 0.563. The Hall–Kier alpha value is -2.26. The van der Waals surface area contributed by atoms with Crippen LogP contribution in [0.25, 0.3) is 0 Å². The third-order valence-electron chi connectivity index (χ3n) is 8.78. The van der Waals surface area contributed by atoms with Crippen molar-refractivity contribution in [1.29, 1.82) is 0 Å². The van der Waals surface area contributed by atoms with Crippen LogP contribution in [0.1, 0.15) is 79.8 Å². The van der Waals surface area contributed by atoms with Crippen LogP contribution in [0.15, 0.2) is 18.2 Å². The van der Waals surface area contributed by atoms with Crippen molar-refractivity contribution >= 4 is 27.6 Å². The molecule has 0 spiro atoms. The van der Waals surface area contributed by atoms with Gasteiger partial charge in [-0.25, -0.2) is 8.42 Å². The number of fused-ring (bicyclic) bond motifs is 1. The topological polar surface area (TPSA) is 113 Å². The van der Waals surface area contributed by atoms with Crippen LogP contribution in [-0.2, 0) is 32.4 Å². The molecule has 2 N–H and O–H groups in total. The minimum Gasteiger partial charge on any atom is -0.322 e. The van der Waals surface area contributed by atoms with Crippen molar-refractivity contribution in [3.05, 3.63) is 34.9 Å². The molecular weight excluding hydrogens is 478 g/mol. The second-order valence-corrected chi connectivity index (χ2v) is 13.5. The van der Waals surface area contributed by atoms with E-state index in [0.29, 0.717) is 54.0 Å². The fourth-order valence-electron chi connectivity index (χ4n) is 6.61. The lowest BCUT2D eigenvalue weighted by molar-refractivity contribution is -0.136. The van der Waals surface area contributed by atoms with Gasteiger partial charge in [0.15, 0.2) is 0 Å². The van der Waals surface area contributed by atoms with Crippen molar-refractivity contribution in [2.45, 2.75) is 89.4 Å². The van der Waals surface area contributed by atoms with Crippen LogP contribution >= 0.6 is 0 Å². The molecule has 1 saturated carbocycles. The van der Waals surface area contributed by atoms with Crippen LogP contribution in [0.3, 0.4) is 0 Å². The Morgan fingerprint density at radius 2 is 1.81 bits per heavy atom. The summed E-state index contributed by atoms with van der Waals surface area (Å²) in [4.78, 5) is 38.4. The zero-order chi connectivity index (χ0) is 25.4. The molecule has 3 aliphatic heterocycles. The molecule has 2 saturated heterocycles. The molecule has 196 valence electrons. The number of hydrogen-bond donors (Lipinski definition) is 2. The zero-order valence-electron chi connectivity index (χ0n) is 21.0. The number of hydrogen-bond acceptors (Lipinski definition) is 6. The molecule has 0 unspecified atom stereocenters. The average molecular weight is 516 g/mol. The fourth-order valence-corrected chi connectivity index (χ4v) is 8.14. The second-order valence-electron chi connectivity index (χ2n) is 11.2. The molecule has 36 heavy (non-hydrogen) atoms. The van der Waals surface area contributed by atoms with Gasteiger partial charge in [0.25, 0.3) is 5.91 Å². The average Bonchev–Trinajstić information content (AvgIpc) is 3.15. The Balaban J connectivity index is 1.23. The molecule has 4 atom stereocenters. The van der Waals surface area contributed by atoms with Gasteiger partial charge in [0, 0.05) is 30.6 Å². The summed E-state index contributed by atoms with van der Waals surface area (Å²) in [6.45, 7) is 2.61. The van der Waals surface area contributed by atoms with Gasteiger partial charge >= 0.3 is 0 Å². The maximum absolute atomic E-state index is 13.0. The molecule has 8 nitrogen and oxygen atoms in total. The number of rotatable bonds is 6. The van der Waals surface area contributed by atoms with Gasteiger partial charge in [-0.1, -0.05) is 25.0 Å². The number of amides is 3. The standard InChI is InChI=1S/C27H37N3O5S/c1-17(19-10-12-36(34,35)13-11-19)28-23-5-3-2-4-20(23)14-18-6-7-22-21(15-18)16-30(27(22)33)24-8-9-25(31)29-26(24)32/h6-7,15,17,19-20,23-24,28H,2-5,8-14,16H2,1H3,(H,29,31,32)/t17-,20-,23+,24+/m1/s1. The number of carbonyl (C=O) groups is 3. The van der Waals surface area contributed by atoms with E-state index in [0.717, 1.165) is 37.7 Å². The molecule has 5 rings (SSSR count). The number of benzene rings is 1. The first-order chi connectivity index (χ1) is 17.2. The molecule has 3 fully saturated rings. The normalized spacial score (nSPS) is 29.6. The van der Waals surface area contributed by atoms with Crippen LogP contribution in [0.5, 0.6) is 0 Å². The molecule has 1 aromatic rings. The van der Waals surface area contributed by atoms with E-state index >= 15 is 0 Å². The Morgan fingerprint density at radius 3 is 2.56 bits per heavy atom. The highest BCUT2D eigenvalue weighted by atomic mass is 32.2. The fraction of sp³-hybridized carbons (Fsp3) is 0.667. The Bertz CT molecular complexity index is 1140. The van der Waals surface area contributed by atoms with Crippen LogP contribution < -0.4 is 10.6 Å². The minimum absolute atomic E-state index is 0.133. The van der Waals surface area contributed by atoms with Gasteiger partial charge in [-0.3, -0.25) is 19.7 Å². The van der Waals surface area contributed by atoms with Crippen molar-refractivity contribution in [1.82, 2.24) is 15.5 Å². The summed E-state index contributed by atoms with van der Waals surface area (Å²) in [5.41, 5.74) is 2.82. The van der Waals surface area contributed by atoms with Gasteiger partial charge in [0.05, 0.1) is 11.5 Å². The van der Waals surface area contributed by atoms with Gasteiger partial charge in [0.1, 0.15) is 15.9 Å². The van der Waals surface area contributed by atoms with Crippen molar-refractivity contribution < 1.29 is 22.8 Å². The molecule has 3 amide bonds. The second kappa shape index (κ2) is 10.2. The molecule has 0 radical (unpaired) electrons. The molecule has 0 bridgehead atoms. The van der Waals surface area contributed by atoms with Crippen LogP contribution in [0.4, 0.5) is 0 Å². The van der Waals surface area contributed by atoms with Crippen LogP contribution in [0.2, 0.25) is 0 Å². The van der Waals surface area contributed by atoms with E-state index in [1.54, 1.807) is 4.90 Å². The maximum atomic E-state index is 13.0. The number of carbonyl (C=O) groups excluding carboxylic acids is 3. The van der Waals surface area contributed by atoms with Gasteiger partial charge in [-0.15, -0.1) is 0 Å². The van der Waals surface area contributed by atoms with Gasteiger partial charge in [0.2, 0.25) is 11.8 Å². The number of piperidine rings is 1. The molecule has 0 aromatic heterocycles. The summed E-state index contributed by atoms with van der Waals surface area (Å²) in [5.74, 6) is 0.722. The molecule has 1 aromatic carbocycles. The number of nitrogens with zero attached hydrogens (tertiary/aromatic N) is 1. The van der Waals surface area contributed by atoms with E-state index in [1.165, 1.54) is 18.4 Å². The minimum atomic E-state index is -2.85. The van der Waals surface area contributed by atoms with E-state index < -0.39 is 15.9 Å². The van der Waals surface area contributed by atoms with Gasteiger partial charge in [-0.2, -0.15) is 0 Å². The molecule has 3 heterocycles. The third-order valence-corrected chi connectivity index (χ3v) is 10.5. The van der Waals surface area contributed by atoms with Crippen molar-refractivity contribution in [3.8, 4) is 0 Å². The lowest BCUT2D eigenvalue weighted by Crippen LogP contribution is -2.52. The van der Waals surface area contributed by atoms with E-state index in [4.69, 9.17) is 0 Å². The van der Waals surface area contributed by atoms with E-state index in [-0.39, 0.29) is 24.1 Å². The highest BCUT2D eigenvalue weighted by Gasteiger charge is 2.39. The van der Waals surface area contributed by atoms with Crippen LogP contribution in [-0.4, -0.2) is 60.7 Å². The molecule has 1 aliphatic carbocycles. The SMILES string of the molecule is C[C@@H](N[C@H]1CCCC[C@@H]1Cc1ccc2c(c1)CN([C@H]1CCC(=O)NC1=O)C2=O)C1CCS(=O)(=O)CC1. The number of sulfone groups is 1. The number of nitrogens with one attached hydrogen (secondary N) is 2. The smallest absolute Gasteiger partial charge is 0.255 e. The van der Waals surface area contributed by atoms with E-state index in [1.807, 2.05) is 12.1 Å². The van der Waals surface area contributed by atoms with Crippen LogP contribution in [0, 0.1) is 11.8 Å². The Morgan fingerprint density at radius 1 is 1.06 bits per heavy atom. The largest absolute Gasteiger partial charge is 0.322 e. The summed E-state index contributed by atoms with van der Waals surface area (Å²) in [6, 6.07) is 6.18. The first kappa shape index (κ1) is 25.4. The third kappa shape index (κ3) is 5.37. The summed E-state index contributed by atoms with van der Waals surface area (Å²) >= 11 is 0. The highest BCUT2D eigenvalue weighted by molar-refractivity contribution is 7.91. The Kier molecular flexibility index (Phi) is 7.23. The molecule has 9 heteroatoms. The lowest BCUT2D eigenvalue weighted by Gasteiger charge is -2.37. The molecular formula is C27H37N3O5S. The monoisotopic (exact) mass is 515 g/mol. The zero-order valence-corrected chi connectivity index (χ0v) is 21.8. The molecule has 4 aliphatic rings. The van der Waals surface area contributed by atoms with Gasteiger partial charge < -0.3 is 10.2 Å². The Labute approximate surface area is 213 Å². The lowest BCUT2D eigenvalue weighted by atomic mass is 9.79. The van der Waals surface area contributed by atoms with E-state index in [9.17, 15) is 22.8 Å². The number of imide groups is 1. The first-order valence-electron chi connectivity index (χ1n) is 13.4. The maximum Gasteiger partial charge on any atom is 0.255 e. The van der Waals surface area contributed by atoms with Crippen molar-refractivity contribution in [2.75, 3.05) is 11.5 Å². The van der Waals surface area contributed by atoms with Gasteiger partial charge in [-0.05, 0) is 74.5 Å². The first-order valence-corrected chi connectivity index (χ1v) is 15.3. The summed E-state index contributed by atoms with van der Waals surface area (Å²) < 4.78 is 23.7. The predicted molar refractivity (Wildman–Crippen MR) is 136 cm³/mol. The summed E-state index contributed by atoms with van der Waals surface area (Å²) in [5, 5.41) is 6.23. The van der Waals surface area contributed by atoms with E-state index in [2.05, 4.69) is 23.6 Å². The summed E-state index contributed by atoms with van der Waals surface area (Å²) in [7, 11) is -2.85.